The van der Waals surface area contributed by atoms with Crippen LogP contribution in [0.5, 0.6) is 0 Å². The van der Waals surface area contributed by atoms with E-state index in [4.69, 9.17) is 5.26 Å². The SMILES string of the molecule is CN(C1CNC1)[C@H](C#N)c1cccs1. The van der Waals surface area contributed by atoms with Crippen molar-refractivity contribution in [3.8, 4) is 6.07 Å². The standard InChI is InChI=1S/C10H13N3S/c1-13(8-6-12-7-8)9(5-11)10-3-2-4-14-10/h2-4,8-9,12H,6-7H2,1H3/t9-/m1/s1. The Morgan fingerprint density at radius 1 is 1.71 bits per heavy atom. The van der Waals surface area contributed by atoms with Gasteiger partial charge in [0.05, 0.1) is 6.07 Å². The van der Waals surface area contributed by atoms with Crippen molar-refractivity contribution in [2.45, 2.75) is 12.1 Å². The van der Waals surface area contributed by atoms with E-state index in [-0.39, 0.29) is 6.04 Å². The first kappa shape index (κ1) is 9.66. The van der Waals surface area contributed by atoms with Gasteiger partial charge in [0, 0.05) is 24.0 Å². The predicted octanol–water partition coefficient (Wildman–Crippen LogP) is 1.22. The minimum atomic E-state index is -0.0814. The summed E-state index contributed by atoms with van der Waals surface area (Å²) in [5.41, 5.74) is 0. The highest BCUT2D eigenvalue weighted by Crippen LogP contribution is 2.25. The van der Waals surface area contributed by atoms with Gasteiger partial charge in [-0.25, -0.2) is 0 Å². The summed E-state index contributed by atoms with van der Waals surface area (Å²) in [5, 5.41) is 14.4. The zero-order valence-corrected chi connectivity index (χ0v) is 8.92. The molecule has 1 aromatic rings. The summed E-state index contributed by atoms with van der Waals surface area (Å²) in [6, 6.07) is 6.82. The smallest absolute Gasteiger partial charge is 0.133 e. The van der Waals surface area contributed by atoms with Crippen molar-refractivity contribution in [1.82, 2.24) is 10.2 Å². The Morgan fingerprint density at radius 3 is 2.93 bits per heavy atom. The van der Waals surface area contributed by atoms with Gasteiger partial charge in [-0.05, 0) is 18.5 Å². The third-order valence-electron chi connectivity index (χ3n) is 2.68. The molecule has 1 aliphatic rings. The van der Waals surface area contributed by atoms with Gasteiger partial charge in [0.2, 0.25) is 0 Å². The van der Waals surface area contributed by atoms with Crippen molar-refractivity contribution in [1.29, 1.82) is 5.26 Å². The Kier molecular flexibility index (Phi) is 2.82. The second-order valence-corrected chi connectivity index (χ2v) is 4.50. The van der Waals surface area contributed by atoms with Gasteiger partial charge >= 0.3 is 0 Å². The monoisotopic (exact) mass is 207 g/mol. The van der Waals surface area contributed by atoms with Crippen LogP contribution in [0.25, 0.3) is 0 Å². The van der Waals surface area contributed by atoms with Crippen LogP contribution in [-0.2, 0) is 0 Å². The Labute approximate surface area is 88.0 Å². The average Bonchev–Trinajstić information content (AvgIpc) is 2.55. The van der Waals surface area contributed by atoms with Gasteiger partial charge in [-0.1, -0.05) is 6.07 Å². The maximum atomic E-state index is 9.13. The van der Waals surface area contributed by atoms with E-state index in [0.717, 1.165) is 18.0 Å². The van der Waals surface area contributed by atoms with Crippen molar-refractivity contribution in [3.63, 3.8) is 0 Å². The number of rotatable bonds is 3. The summed E-state index contributed by atoms with van der Waals surface area (Å²) in [6.45, 7) is 2.00. The van der Waals surface area contributed by atoms with Crippen LogP contribution in [0.3, 0.4) is 0 Å². The maximum absolute atomic E-state index is 9.13. The van der Waals surface area contributed by atoms with E-state index < -0.39 is 0 Å². The zero-order chi connectivity index (χ0) is 9.97. The van der Waals surface area contributed by atoms with Crippen LogP contribution < -0.4 is 5.32 Å². The molecule has 0 bridgehead atoms. The van der Waals surface area contributed by atoms with Crippen LogP contribution in [0, 0.1) is 11.3 Å². The van der Waals surface area contributed by atoms with Gasteiger partial charge in [-0.15, -0.1) is 11.3 Å². The molecule has 3 nitrogen and oxygen atoms in total. The molecule has 0 unspecified atom stereocenters. The van der Waals surface area contributed by atoms with Crippen molar-refractivity contribution in [2.75, 3.05) is 20.1 Å². The van der Waals surface area contributed by atoms with E-state index in [1.807, 2.05) is 24.6 Å². The van der Waals surface area contributed by atoms with E-state index in [2.05, 4.69) is 16.3 Å². The molecule has 1 atom stereocenters. The van der Waals surface area contributed by atoms with Gasteiger partial charge in [-0.3, -0.25) is 4.90 Å². The second kappa shape index (κ2) is 4.09. The summed E-state index contributed by atoms with van der Waals surface area (Å²) in [7, 11) is 2.03. The van der Waals surface area contributed by atoms with Crippen LogP contribution in [0.4, 0.5) is 0 Å². The molecule has 14 heavy (non-hydrogen) atoms. The quantitative estimate of drug-likeness (QED) is 0.810. The molecule has 1 aliphatic heterocycles. The molecule has 2 rings (SSSR count). The lowest BCUT2D eigenvalue weighted by molar-refractivity contribution is 0.155. The van der Waals surface area contributed by atoms with E-state index >= 15 is 0 Å². The molecule has 0 aromatic carbocycles. The minimum Gasteiger partial charge on any atom is -0.314 e. The first-order valence-corrected chi connectivity index (χ1v) is 5.56. The second-order valence-electron chi connectivity index (χ2n) is 3.52. The number of hydrogen-bond acceptors (Lipinski definition) is 4. The van der Waals surface area contributed by atoms with Gasteiger partial charge in [0.25, 0.3) is 0 Å². The Bertz CT molecular complexity index is 324. The number of hydrogen-bond donors (Lipinski definition) is 1. The molecule has 2 heterocycles. The fraction of sp³-hybridized carbons (Fsp3) is 0.500. The molecule has 1 N–H and O–H groups in total. The zero-order valence-electron chi connectivity index (χ0n) is 8.10. The van der Waals surface area contributed by atoms with Crippen molar-refractivity contribution in [2.24, 2.45) is 0 Å². The number of thiophene rings is 1. The normalized spacial score (nSPS) is 18.9. The van der Waals surface area contributed by atoms with Gasteiger partial charge in [-0.2, -0.15) is 5.26 Å². The van der Waals surface area contributed by atoms with Crippen LogP contribution in [0.2, 0.25) is 0 Å². The predicted molar refractivity (Wildman–Crippen MR) is 57.1 cm³/mol. The molecule has 1 saturated heterocycles. The third-order valence-corrected chi connectivity index (χ3v) is 3.60. The lowest BCUT2D eigenvalue weighted by Crippen LogP contribution is -2.56. The lowest BCUT2D eigenvalue weighted by atomic mass is 10.1. The van der Waals surface area contributed by atoms with Crippen molar-refractivity contribution < 1.29 is 0 Å². The third kappa shape index (κ3) is 1.67. The number of nitriles is 1. The molecule has 1 fully saturated rings. The van der Waals surface area contributed by atoms with Crippen LogP contribution >= 0.6 is 11.3 Å². The lowest BCUT2D eigenvalue weighted by Gasteiger charge is -2.37. The minimum absolute atomic E-state index is 0.0814. The molecular weight excluding hydrogens is 194 g/mol. The molecule has 0 spiro atoms. The van der Waals surface area contributed by atoms with E-state index in [0.29, 0.717) is 6.04 Å². The highest BCUT2D eigenvalue weighted by Gasteiger charge is 2.28. The summed E-state index contributed by atoms with van der Waals surface area (Å²) in [5.74, 6) is 0. The molecular formula is C10H13N3S. The number of nitrogens with one attached hydrogen (secondary N) is 1. The highest BCUT2D eigenvalue weighted by molar-refractivity contribution is 7.10. The van der Waals surface area contributed by atoms with Gasteiger partial charge < -0.3 is 5.32 Å². The Hall–Kier alpha value is -0.890. The summed E-state index contributed by atoms with van der Waals surface area (Å²) in [6.07, 6.45) is 0. The largest absolute Gasteiger partial charge is 0.314 e. The van der Waals surface area contributed by atoms with Gasteiger partial charge in [0.1, 0.15) is 6.04 Å². The molecule has 4 heteroatoms. The molecule has 0 amide bonds. The molecule has 74 valence electrons. The molecule has 0 aliphatic carbocycles. The molecule has 1 aromatic heterocycles. The van der Waals surface area contributed by atoms with Gasteiger partial charge in [0.15, 0.2) is 0 Å². The molecule has 0 radical (unpaired) electrons. The average molecular weight is 207 g/mol. The number of likely N-dealkylation sites (N-methyl/N-ethyl adjacent to an activating group) is 1. The van der Waals surface area contributed by atoms with Crippen molar-refractivity contribution in [3.05, 3.63) is 22.4 Å². The fourth-order valence-corrected chi connectivity index (χ4v) is 2.39. The first-order valence-electron chi connectivity index (χ1n) is 4.68. The highest BCUT2D eigenvalue weighted by atomic mass is 32.1. The number of nitrogens with zero attached hydrogens (tertiary/aromatic N) is 2. The fourth-order valence-electron chi connectivity index (χ4n) is 1.57. The van der Waals surface area contributed by atoms with Crippen LogP contribution in [0.1, 0.15) is 10.9 Å². The van der Waals surface area contributed by atoms with E-state index in [9.17, 15) is 0 Å². The van der Waals surface area contributed by atoms with E-state index in [1.54, 1.807) is 11.3 Å². The Balaban J connectivity index is 2.09. The summed E-state index contributed by atoms with van der Waals surface area (Å²) in [4.78, 5) is 3.30. The first-order chi connectivity index (χ1) is 6.83. The van der Waals surface area contributed by atoms with Crippen LogP contribution in [-0.4, -0.2) is 31.1 Å². The molecule has 0 saturated carbocycles. The van der Waals surface area contributed by atoms with Crippen LogP contribution in [0.15, 0.2) is 17.5 Å². The van der Waals surface area contributed by atoms with Crippen molar-refractivity contribution >= 4 is 11.3 Å². The van der Waals surface area contributed by atoms with E-state index in [1.165, 1.54) is 0 Å². The Morgan fingerprint density at radius 2 is 2.50 bits per heavy atom. The summed E-state index contributed by atoms with van der Waals surface area (Å²) >= 11 is 1.65. The topological polar surface area (TPSA) is 39.1 Å². The maximum Gasteiger partial charge on any atom is 0.133 e. The summed E-state index contributed by atoms with van der Waals surface area (Å²) < 4.78 is 0.